The maximum absolute atomic E-state index is 12.8. The highest BCUT2D eigenvalue weighted by molar-refractivity contribution is 5.97. The lowest BCUT2D eigenvalue weighted by Crippen LogP contribution is -2.48. The Morgan fingerprint density at radius 1 is 1.38 bits per heavy atom. The number of aliphatic hydroxyl groups is 1. The summed E-state index contributed by atoms with van der Waals surface area (Å²) in [5, 5.41) is 9.38. The molecule has 0 saturated heterocycles. The lowest BCUT2D eigenvalue weighted by molar-refractivity contribution is -0.123. The molecule has 0 aromatic heterocycles. The smallest absolute Gasteiger partial charge is 0.244 e. The first kappa shape index (κ1) is 16.0. The molecule has 1 heterocycles. The molecule has 4 heteroatoms. The molecule has 1 aromatic carbocycles. The van der Waals surface area contributed by atoms with Crippen molar-refractivity contribution in [2.45, 2.75) is 45.3 Å². The van der Waals surface area contributed by atoms with Gasteiger partial charge in [-0.05, 0) is 51.8 Å². The molecule has 1 aliphatic rings. The summed E-state index contributed by atoms with van der Waals surface area (Å²) in [5.74, 6) is 0.148. The third kappa shape index (κ3) is 3.83. The minimum Gasteiger partial charge on any atom is -0.393 e. The normalized spacial score (nSPS) is 17.5. The first-order chi connectivity index (χ1) is 10.0. The minimum absolute atomic E-state index is 0.148. The van der Waals surface area contributed by atoms with Crippen LogP contribution in [0.3, 0.4) is 0 Å². The Balaban J connectivity index is 2.06. The molecule has 21 heavy (non-hydrogen) atoms. The quantitative estimate of drug-likeness (QED) is 0.902. The Labute approximate surface area is 127 Å². The van der Waals surface area contributed by atoms with Crippen molar-refractivity contribution >= 4 is 11.6 Å². The van der Waals surface area contributed by atoms with E-state index in [1.807, 2.05) is 42.0 Å². The second-order valence-electron chi connectivity index (χ2n) is 6.02. The summed E-state index contributed by atoms with van der Waals surface area (Å²) >= 11 is 0. The highest BCUT2D eigenvalue weighted by atomic mass is 16.3. The number of nitrogens with zero attached hydrogens (tertiary/aromatic N) is 2. The molecule has 116 valence electrons. The predicted molar refractivity (Wildman–Crippen MR) is 85.5 cm³/mol. The molecular weight excluding hydrogens is 264 g/mol. The van der Waals surface area contributed by atoms with Crippen molar-refractivity contribution in [1.29, 1.82) is 0 Å². The number of para-hydroxylation sites is 1. The Bertz CT molecular complexity index is 487. The first-order valence-electron chi connectivity index (χ1n) is 7.78. The fraction of sp³-hybridized carbons (Fsp3) is 0.588. The van der Waals surface area contributed by atoms with Crippen LogP contribution in [0.5, 0.6) is 0 Å². The van der Waals surface area contributed by atoms with E-state index in [2.05, 4.69) is 6.07 Å². The molecule has 0 fully saturated rings. The number of hydrogen-bond donors (Lipinski definition) is 1. The van der Waals surface area contributed by atoms with Crippen LogP contribution >= 0.6 is 0 Å². The predicted octanol–water partition coefficient (Wildman–Crippen LogP) is 2.06. The van der Waals surface area contributed by atoms with Crippen LogP contribution in [0.15, 0.2) is 24.3 Å². The van der Waals surface area contributed by atoms with Crippen molar-refractivity contribution in [1.82, 2.24) is 4.90 Å². The number of aliphatic hydroxyl groups excluding tert-OH is 1. The number of amides is 1. The van der Waals surface area contributed by atoms with Gasteiger partial charge in [0, 0.05) is 18.8 Å². The van der Waals surface area contributed by atoms with Crippen LogP contribution in [0.1, 0.15) is 32.3 Å². The van der Waals surface area contributed by atoms with E-state index in [0.717, 1.165) is 31.6 Å². The summed E-state index contributed by atoms with van der Waals surface area (Å²) in [6, 6.07) is 8.00. The molecule has 2 rings (SSSR count). The zero-order chi connectivity index (χ0) is 15.4. The van der Waals surface area contributed by atoms with E-state index in [1.165, 1.54) is 5.56 Å². The summed E-state index contributed by atoms with van der Waals surface area (Å²) < 4.78 is 0. The van der Waals surface area contributed by atoms with Gasteiger partial charge in [-0.1, -0.05) is 18.2 Å². The lowest BCUT2D eigenvalue weighted by Gasteiger charge is -2.34. The van der Waals surface area contributed by atoms with Crippen molar-refractivity contribution in [2.75, 3.05) is 25.0 Å². The van der Waals surface area contributed by atoms with Crippen LogP contribution in [0.2, 0.25) is 0 Å². The monoisotopic (exact) mass is 290 g/mol. The van der Waals surface area contributed by atoms with Gasteiger partial charge in [0.1, 0.15) is 0 Å². The molecule has 1 N–H and O–H groups in total. The number of fused-ring (bicyclic) bond motifs is 1. The fourth-order valence-corrected chi connectivity index (χ4v) is 2.76. The molecule has 2 atom stereocenters. The Morgan fingerprint density at radius 2 is 2.10 bits per heavy atom. The SMILES string of the molecule is CC(O)CCN(C)C(C)C(=O)N1CCCc2ccccc21. The summed E-state index contributed by atoms with van der Waals surface area (Å²) in [6.45, 7) is 5.24. The molecule has 1 amide bonds. The number of hydrogen-bond acceptors (Lipinski definition) is 3. The highest BCUT2D eigenvalue weighted by Gasteiger charge is 2.28. The standard InChI is InChI=1S/C17H26N2O2/c1-13(20)10-12-18(3)14(2)17(21)19-11-6-8-15-7-4-5-9-16(15)19/h4-5,7,9,13-14,20H,6,8,10-12H2,1-3H3. The van der Waals surface area contributed by atoms with Gasteiger partial charge in [0.15, 0.2) is 0 Å². The van der Waals surface area contributed by atoms with E-state index >= 15 is 0 Å². The van der Waals surface area contributed by atoms with Crippen molar-refractivity contribution in [2.24, 2.45) is 0 Å². The maximum Gasteiger partial charge on any atom is 0.244 e. The zero-order valence-corrected chi connectivity index (χ0v) is 13.2. The lowest BCUT2D eigenvalue weighted by atomic mass is 10.0. The van der Waals surface area contributed by atoms with Crippen molar-refractivity contribution in [3.8, 4) is 0 Å². The number of aryl methyl sites for hydroxylation is 1. The van der Waals surface area contributed by atoms with Crippen molar-refractivity contribution in [3.63, 3.8) is 0 Å². The molecule has 1 aromatic rings. The number of carbonyl (C=O) groups excluding carboxylic acids is 1. The number of likely N-dealkylation sites (N-methyl/N-ethyl adjacent to an activating group) is 1. The zero-order valence-electron chi connectivity index (χ0n) is 13.2. The number of rotatable bonds is 5. The van der Waals surface area contributed by atoms with Crippen LogP contribution in [0.4, 0.5) is 5.69 Å². The largest absolute Gasteiger partial charge is 0.393 e. The molecule has 0 saturated carbocycles. The first-order valence-corrected chi connectivity index (χ1v) is 7.78. The van der Waals surface area contributed by atoms with E-state index in [-0.39, 0.29) is 18.1 Å². The molecule has 1 aliphatic heterocycles. The van der Waals surface area contributed by atoms with Gasteiger partial charge in [0.2, 0.25) is 5.91 Å². The van der Waals surface area contributed by atoms with Gasteiger partial charge in [-0.3, -0.25) is 9.69 Å². The Morgan fingerprint density at radius 3 is 2.81 bits per heavy atom. The molecular formula is C17H26N2O2. The fourth-order valence-electron chi connectivity index (χ4n) is 2.76. The summed E-state index contributed by atoms with van der Waals surface area (Å²) in [5.41, 5.74) is 2.32. The average Bonchev–Trinajstić information content (AvgIpc) is 2.50. The number of anilines is 1. The molecule has 0 bridgehead atoms. The number of benzene rings is 1. The van der Waals surface area contributed by atoms with Crippen molar-refractivity contribution in [3.05, 3.63) is 29.8 Å². The van der Waals surface area contributed by atoms with E-state index in [0.29, 0.717) is 6.42 Å². The number of carbonyl (C=O) groups is 1. The van der Waals surface area contributed by atoms with Gasteiger partial charge in [-0.25, -0.2) is 0 Å². The maximum atomic E-state index is 12.8. The molecule has 4 nitrogen and oxygen atoms in total. The van der Waals surface area contributed by atoms with Gasteiger partial charge in [-0.15, -0.1) is 0 Å². The Hall–Kier alpha value is -1.39. The van der Waals surface area contributed by atoms with Gasteiger partial charge in [-0.2, -0.15) is 0 Å². The van der Waals surface area contributed by atoms with Crippen LogP contribution in [-0.4, -0.2) is 48.2 Å². The molecule has 0 aliphatic carbocycles. The molecule has 0 radical (unpaired) electrons. The van der Waals surface area contributed by atoms with Gasteiger partial charge in [0.25, 0.3) is 0 Å². The van der Waals surface area contributed by atoms with Crippen LogP contribution in [0.25, 0.3) is 0 Å². The molecule has 2 unspecified atom stereocenters. The molecule has 0 spiro atoms. The van der Waals surface area contributed by atoms with E-state index in [4.69, 9.17) is 0 Å². The van der Waals surface area contributed by atoms with Crippen LogP contribution in [0, 0.1) is 0 Å². The van der Waals surface area contributed by atoms with Gasteiger partial charge < -0.3 is 10.0 Å². The van der Waals surface area contributed by atoms with Gasteiger partial charge >= 0.3 is 0 Å². The summed E-state index contributed by atoms with van der Waals surface area (Å²) in [7, 11) is 1.95. The van der Waals surface area contributed by atoms with E-state index in [1.54, 1.807) is 6.92 Å². The minimum atomic E-state index is -0.328. The topological polar surface area (TPSA) is 43.8 Å². The highest BCUT2D eigenvalue weighted by Crippen LogP contribution is 2.27. The summed E-state index contributed by atoms with van der Waals surface area (Å²) in [4.78, 5) is 16.7. The second-order valence-corrected chi connectivity index (χ2v) is 6.02. The van der Waals surface area contributed by atoms with Crippen LogP contribution in [-0.2, 0) is 11.2 Å². The van der Waals surface area contributed by atoms with Crippen molar-refractivity contribution < 1.29 is 9.90 Å². The van der Waals surface area contributed by atoms with Crippen LogP contribution < -0.4 is 4.90 Å². The van der Waals surface area contributed by atoms with E-state index < -0.39 is 0 Å². The second kappa shape index (κ2) is 7.05. The average molecular weight is 290 g/mol. The van der Waals surface area contributed by atoms with E-state index in [9.17, 15) is 9.90 Å². The third-order valence-electron chi connectivity index (χ3n) is 4.29. The summed E-state index contributed by atoms with van der Waals surface area (Å²) in [6.07, 6.45) is 2.43. The third-order valence-corrected chi connectivity index (χ3v) is 4.29. The van der Waals surface area contributed by atoms with Gasteiger partial charge in [0.05, 0.1) is 12.1 Å². The Kier molecular flexibility index (Phi) is 5.37.